The summed E-state index contributed by atoms with van der Waals surface area (Å²) in [7, 11) is 0. The molecule has 61 heavy (non-hydrogen) atoms. The molecule has 0 aromatic heterocycles. The zero-order valence-electron chi connectivity index (χ0n) is 34.0. The second kappa shape index (κ2) is 15.6. The molecule has 15 nitrogen and oxygen atoms in total. The average Bonchev–Trinajstić information content (AvgIpc) is 3.22. The van der Waals surface area contributed by atoms with Crippen molar-refractivity contribution in [1.29, 1.82) is 0 Å². The number of hydrogen-bond donors (Lipinski definition) is 3. The summed E-state index contributed by atoms with van der Waals surface area (Å²) in [5.74, 6) is -7.25. The third kappa shape index (κ3) is 6.93. The number of ether oxygens (including phenoxy) is 6. The number of fused-ring (bicyclic) bond motifs is 4. The molecule has 0 radical (unpaired) electrons. The smallest absolute Gasteiger partial charge is 0.338 e. The van der Waals surface area contributed by atoms with Crippen LogP contribution in [-0.2, 0) is 47.6 Å². The van der Waals surface area contributed by atoms with Crippen LogP contribution in [-0.4, -0.2) is 99.9 Å². The van der Waals surface area contributed by atoms with Gasteiger partial charge in [-0.2, -0.15) is 0 Å². The Morgan fingerprint density at radius 3 is 2.05 bits per heavy atom. The van der Waals surface area contributed by atoms with Gasteiger partial charge in [0.05, 0.1) is 30.6 Å². The Labute approximate surface area is 351 Å². The number of nitrogens with one attached hydrogen (secondary N) is 1. The lowest BCUT2D eigenvalue weighted by atomic mass is 9.45. The zero-order valence-corrected chi connectivity index (χ0v) is 34.0. The average molecular weight is 838 g/mol. The van der Waals surface area contributed by atoms with E-state index < -0.39 is 113 Å². The molecule has 5 aliphatic rings. The van der Waals surface area contributed by atoms with Gasteiger partial charge in [-0.15, -0.1) is 0 Å². The second-order valence-electron chi connectivity index (χ2n) is 16.9. The van der Waals surface area contributed by atoms with Crippen LogP contribution in [0.4, 0.5) is 0 Å². The lowest BCUT2D eigenvalue weighted by molar-refractivity contribution is -0.430. The van der Waals surface area contributed by atoms with Crippen molar-refractivity contribution in [2.75, 3.05) is 6.61 Å². The van der Waals surface area contributed by atoms with Gasteiger partial charge in [0.25, 0.3) is 5.91 Å². The van der Waals surface area contributed by atoms with Crippen molar-refractivity contribution in [3.05, 3.63) is 119 Å². The van der Waals surface area contributed by atoms with Gasteiger partial charge in [-0.3, -0.25) is 24.0 Å². The Balaban J connectivity index is 1.24. The Morgan fingerprint density at radius 1 is 0.852 bits per heavy atom. The molecule has 1 amide bonds. The first-order valence-corrected chi connectivity index (χ1v) is 20.2. The molecule has 15 heteroatoms. The van der Waals surface area contributed by atoms with Crippen LogP contribution in [0.1, 0.15) is 79.3 Å². The van der Waals surface area contributed by atoms with E-state index in [4.69, 9.17) is 28.4 Å². The summed E-state index contributed by atoms with van der Waals surface area (Å²) in [5.41, 5.74) is -6.75. The number of benzene rings is 3. The van der Waals surface area contributed by atoms with Crippen molar-refractivity contribution in [2.45, 2.75) is 101 Å². The van der Waals surface area contributed by atoms with Gasteiger partial charge in [0, 0.05) is 37.2 Å². The molecular weight excluding hydrogens is 790 g/mol. The fourth-order valence-corrected chi connectivity index (χ4v) is 10.1. The van der Waals surface area contributed by atoms with E-state index in [2.05, 4.69) is 5.32 Å². The minimum Gasteiger partial charge on any atom is -0.458 e. The van der Waals surface area contributed by atoms with E-state index in [0.717, 1.165) is 13.8 Å². The number of hydrogen-bond acceptors (Lipinski definition) is 14. The Hall–Kier alpha value is -5.74. The molecule has 2 saturated carbocycles. The maximum absolute atomic E-state index is 15.4. The van der Waals surface area contributed by atoms with Crippen LogP contribution in [0.3, 0.4) is 0 Å². The van der Waals surface area contributed by atoms with Crippen LogP contribution in [0.2, 0.25) is 0 Å². The molecule has 3 aliphatic carbocycles. The van der Waals surface area contributed by atoms with Gasteiger partial charge < -0.3 is 44.0 Å². The normalized spacial score (nSPS) is 33.4. The van der Waals surface area contributed by atoms with Crippen LogP contribution in [0.5, 0.6) is 0 Å². The first-order chi connectivity index (χ1) is 29.0. The van der Waals surface area contributed by atoms with E-state index >= 15 is 4.79 Å². The number of aliphatic hydroxyl groups is 2. The first kappa shape index (κ1) is 42.0. The Kier molecular flexibility index (Phi) is 10.7. The summed E-state index contributed by atoms with van der Waals surface area (Å²) in [6, 6.07) is 24.3. The molecule has 1 spiro atoms. The highest BCUT2D eigenvalue weighted by molar-refractivity contribution is 5.98. The molecular formula is C46H47NO14. The predicted molar refractivity (Wildman–Crippen MR) is 211 cm³/mol. The van der Waals surface area contributed by atoms with E-state index in [1.165, 1.54) is 18.2 Å². The van der Waals surface area contributed by atoms with Gasteiger partial charge >= 0.3 is 23.9 Å². The van der Waals surface area contributed by atoms with E-state index in [9.17, 15) is 34.2 Å². The predicted octanol–water partition coefficient (Wildman–Crippen LogP) is 3.71. The number of carbonyl (C=O) groups excluding carboxylic acids is 6. The van der Waals surface area contributed by atoms with Gasteiger partial charge in [0.15, 0.2) is 23.6 Å². The minimum absolute atomic E-state index is 0.0158. The highest BCUT2D eigenvalue weighted by Crippen LogP contribution is 2.66. The van der Waals surface area contributed by atoms with Gasteiger partial charge in [-0.1, -0.05) is 80.6 Å². The fraction of sp³-hybridized carbons (Fsp3) is 0.435. The van der Waals surface area contributed by atoms with Crippen molar-refractivity contribution >= 4 is 35.6 Å². The molecule has 8 rings (SSSR count). The van der Waals surface area contributed by atoms with Crippen LogP contribution in [0, 0.1) is 17.3 Å². The highest BCUT2D eigenvalue weighted by Gasteiger charge is 2.84. The van der Waals surface area contributed by atoms with Crippen LogP contribution >= 0.6 is 0 Å². The van der Waals surface area contributed by atoms with Crippen LogP contribution < -0.4 is 5.32 Å². The molecule has 11 atom stereocenters. The highest BCUT2D eigenvalue weighted by atomic mass is 16.7. The molecule has 320 valence electrons. The number of esters is 4. The number of rotatable bonds is 10. The van der Waals surface area contributed by atoms with E-state index in [0.29, 0.717) is 11.1 Å². The molecule has 3 aromatic rings. The van der Waals surface area contributed by atoms with Crippen molar-refractivity contribution in [3.8, 4) is 0 Å². The van der Waals surface area contributed by atoms with E-state index in [1.54, 1.807) is 92.7 Å². The van der Waals surface area contributed by atoms with Gasteiger partial charge in [0.1, 0.15) is 23.9 Å². The molecule has 2 aliphatic heterocycles. The maximum Gasteiger partial charge on any atom is 0.338 e. The van der Waals surface area contributed by atoms with Crippen molar-refractivity contribution in [3.63, 3.8) is 0 Å². The number of Topliss-reactive ketones (excluding diaryl/α,β-unsaturated/α-hetero) is 1. The van der Waals surface area contributed by atoms with Crippen molar-refractivity contribution in [1.82, 2.24) is 5.32 Å². The van der Waals surface area contributed by atoms with E-state index in [-0.39, 0.29) is 30.6 Å². The number of carbonyl (C=O) groups is 6. The molecule has 3 aromatic carbocycles. The largest absolute Gasteiger partial charge is 0.458 e. The molecule has 2 saturated heterocycles. The van der Waals surface area contributed by atoms with Crippen LogP contribution in [0.25, 0.3) is 0 Å². The Morgan fingerprint density at radius 2 is 1.48 bits per heavy atom. The molecule has 11 unspecified atom stereocenters. The standard InChI is InChI=1S/C46H47NO14/c1-25(48)57-36-31-20-30(58-35(50)22-33(27-14-8-5-9-15-27)47-40(52)28-16-10-6-11-17-28)23-45(55,43(31,3)4)39(59-41(53)29-18-12-7-13-19-29)37-44(60-26(2)49)24-56-34(44)21-32-42(54)61-46(32,37)38(36)51/h5-20,30,32-34,36-37,39,42,54-55H,21-24H2,1-4H3,(H,47,52). The maximum atomic E-state index is 15.4. The quantitative estimate of drug-likeness (QED) is 0.151. The third-order valence-electron chi connectivity index (χ3n) is 13.1. The zero-order chi connectivity index (χ0) is 43.5. The summed E-state index contributed by atoms with van der Waals surface area (Å²) in [5, 5.41) is 27.6. The van der Waals surface area contributed by atoms with Gasteiger partial charge in [0.2, 0.25) is 5.78 Å². The van der Waals surface area contributed by atoms with Crippen molar-refractivity contribution in [2.24, 2.45) is 17.3 Å². The molecule has 2 heterocycles. The van der Waals surface area contributed by atoms with Crippen molar-refractivity contribution < 1.29 is 67.4 Å². The topological polar surface area (TPSA) is 210 Å². The number of ketones is 1. The van der Waals surface area contributed by atoms with E-state index in [1.807, 2.05) is 0 Å². The molecule has 2 bridgehead atoms. The monoisotopic (exact) mass is 837 g/mol. The first-order valence-electron chi connectivity index (χ1n) is 20.2. The summed E-state index contributed by atoms with van der Waals surface area (Å²) in [6.45, 7) is 5.13. The number of amides is 1. The van der Waals surface area contributed by atoms with Gasteiger partial charge in [-0.05, 0) is 47.9 Å². The SMILES string of the molecule is CC(=O)OC1C(=O)C23OC(O)C2CC2OCC2(OC(C)=O)C3C(OC(=O)c2ccccc2)C2(O)CC(OC(=O)CC(NC(=O)c3ccccc3)c3ccccc3)C=C1C2(C)C. The minimum atomic E-state index is -2.32. The number of aliphatic hydroxyl groups excluding tert-OH is 1. The summed E-state index contributed by atoms with van der Waals surface area (Å²) >= 11 is 0. The third-order valence-corrected chi connectivity index (χ3v) is 13.1. The fourth-order valence-electron chi connectivity index (χ4n) is 10.1. The Bertz CT molecular complexity index is 2260. The van der Waals surface area contributed by atoms with Gasteiger partial charge in [-0.25, -0.2) is 4.79 Å². The lowest BCUT2D eigenvalue weighted by Crippen LogP contribution is -2.88. The molecule has 4 fully saturated rings. The lowest BCUT2D eigenvalue weighted by Gasteiger charge is -2.71. The molecule has 3 N–H and O–H groups in total. The van der Waals surface area contributed by atoms with Crippen LogP contribution in [0.15, 0.2) is 103 Å². The summed E-state index contributed by atoms with van der Waals surface area (Å²) < 4.78 is 36.5. The second-order valence-corrected chi connectivity index (χ2v) is 16.9. The summed E-state index contributed by atoms with van der Waals surface area (Å²) in [6.07, 6.45) is -6.78. The summed E-state index contributed by atoms with van der Waals surface area (Å²) in [4.78, 5) is 83.0.